The fraction of sp³-hybridized carbons (Fsp3) is 0.182. The molecule has 0 fully saturated rings. The Bertz CT molecular complexity index is 1090. The molecular weight excluding hydrogens is 390 g/mol. The van der Waals surface area contributed by atoms with Crippen LogP contribution in [0.25, 0.3) is 5.69 Å². The van der Waals surface area contributed by atoms with E-state index < -0.39 is 6.10 Å². The molecule has 2 aromatic carbocycles. The van der Waals surface area contributed by atoms with Crippen molar-refractivity contribution in [3.8, 4) is 17.2 Å². The molecule has 29 heavy (non-hydrogen) atoms. The Labute approximate surface area is 173 Å². The van der Waals surface area contributed by atoms with E-state index in [0.29, 0.717) is 16.5 Å². The molecule has 7 heteroatoms. The molecule has 148 valence electrons. The van der Waals surface area contributed by atoms with Gasteiger partial charge in [-0.15, -0.1) is 0 Å². The third kappa shape index (κ3) is 3.84. The summed E-state index contributed by atoms with van der Waals surface area (Å²) in [6.07, 6.45) is 0.864. The number of hydrogen-bond donors (Lipinski definition) is 1. The van der Waals surface area contributed by atoms with Crippen LogP contribution in [0.5, 0.6) is 11.5 Å². The highest BCUT2D eigenvalue weighted by atomic mass is 35.5. The zero-order valence-corrected chi connectivity index (χ0v) is 16.8. The molecule has 2 heterocycles. The molecule has 0 bridgehead atoms. The van der Waals surface area contributed by atoms with Crippen molar-refractivity contribution < 1.29 is 14.3 Å². The van der Waals surface area contributed by atoms with Gasteiger partial charge in [-0.2, -0.15) is 5.10 Å². The van der Waals surface area contributed by atoms with Crippen LogP contribution < -0.4 is 14.9 Å². The minimum Gasteiger partial charge on any atom is -0.485 e. The van der Waals surface area contributed by atoms with Crippen LogP contribution in [-0.4, -0.2) is 29.4 Å². The van der Waals surface area contributed by atoms with E-state index in [2.05, 4.69) is 15.1 Å². The number of hydrogen-bond acceptors (Lipinski definition) is 4. The zero-order chi connectivity index (χ0) is 20.4. The molecule has 1 N–H and O–H groups in total. The van der Waals surface area contributed by atoms with Crippen LogP contribution >= 0.6 is 11.6 Å². The van der Waals surface area contributed by atoms with Gasteiger partial charge in [0, 0.05) is 17.0 Å². The monoisotopic (exact) mass is 409 g/mol. The standard InChI is InChI=1S/C22H20ClN3O3/c1-14-11-16(15(2)26(14)18-8-4-3-7-17(18)23)12-24-25-22(27)21-13-28-19-9-5-6-10-20(19)29-21/h3-12,21H,13H2,1-2H3,(H,25,27)/b24-12-/t21-/m0/s1. The lowest BCUT2D eigenvalue weighted by Crippen LogP contribution is -2.42. The van der Waals surface area contributed by atoms with Crippen LogP contribution in [0.2, 0.25) is 5.02 Å². The molecule has 0 spiro atoms. The fourth-order valence-electron chi connectivity index (χ4n) is 3.31. The van der Waals surface area contributed by atoms with Gasteiger partial charge < -0.3 is 14.0 Å². The number of aryl methyl sites for hydroxylation is 1. The number of carbonyl (C=O) groups is 1. The van der Waals surface area contributed by atoms with Gasteiger partial charge in [-0.3, -0.25) is 4.79 Å². The SMILES string of the molecule is Cc1cc(/C=N\NC(=O)[C@@H]2COc3ccccc3O2)c(C)n1-c1ccccc1Cl. The van der Waals surface area contributed by atoms with Gasteiger partial charge in [-0.25, -0.2) is 5.43 Å². The van der Waals surface area contributed by atoms with Gasteiger partial charge in [0.1, 0.15) is 6.61 Å². The van der Waals surface area contributed by atoms with Crippen LogP contribution in [0.1, 0.15) is 17.0 Å². The average molecular weight is 410 g/mol. The van der Waals surface area contributed by atoms with Gasteiger partial charge >= 0.3 is 0 Å². The average Bonchev–Trinajstić information content (AvgIpc) is 3.01. The van der Waals surface area contributed by atoms with Crippen molar-refractivity contribution in [2.45, 2.75) is 20.0 Å². The smallest absolute Gasteiger partial charge is 0.284 e. The van der Waals surface area contributed by atoms with E-state index in [-0.39, 0.29) is 12.5 Å². The summed E-state index contributed by atoms with van der Waals surface area (Å²) in [5.74, 6) is 0.814. The first kappa shape index (κ1) is 19.1. The van der Waals surface area contributed by atoms with Gasteiger partial charge in [0.2, 0.25) is 6.10 Å². The normalized spacial score (nSPS) is 15.5. The van der Waals surface area contributed by atoms with Crippen LogP contribution in [-0.2, 0) is 4.79 Å². The molecule has 4 rings (SSSR count). The van der Waals surface area contributed by atoms with Gasteiger partial charge in [-0.05, 0) is 44.2 Å². The first-order chi connectivity index (χ1) is 14.0. The van der Waals surface area contributed by atoms with Crippen molar-refractivity contribution >= 4 is 23.7 Å². The van der Waals surface area contributed by atoms with Crippen molar-refractivity contribution in [1.29, 1.82) is 0 Å². The highest BCUT2D eigenvalue weighted by molar-refractivity contribution is 6.32. The highest BCUT2D eigenvalue weighted by Gasteiger charge is 2.27. The van der Waals surface area contributed by atoms with E-state index in [0.717, 1.165) is 22.6 Å². The molecule has 0 unspecified atom stereocenters. The molecular formula is C22H20ClN3O3. The van der Waals surface area contributed by atoms with Gasteiger partial charge in [0.05, 0.1) is 16.9 Å². The fourth-order valence-corrected chi connectivity index (χ4v) is 3.53. The van der Waals surface area contributed by atoms with Gasteiger partial charge in [-0.1, -0.05) is 35.9 Å². The predicted octanol–water partition coefficient (Wildman–Crippen LogP) is 4.04. The van der Waals surface area contributed by atoms with Crippen molar-refractivity contribution in [2.24, 2.45) is 5.10 Å². The molecule has 0 saturated heterocycles. The molecule has 0 radical (unpaired) electrons. The van der Waals surface area contributed by atoms with Crippen LogP contribution in [0.3, 0.4) is 0 Å². The lowest BCUT2D eigenvalue weighted by atomic mass is 10.2. The van der Waals surface area contributed by atoms with E-state index in [1.165, 1.54) is 0 Å². The first-order valence-corrected chi connectivity index (χ1v) is 9.57. The Kier molecular flexibility index (Phi) is 5.27. The second kappa shape index (κ2) is 8.01. The number of rotatable bonds is 4. The topological polar surface area (TPSA) is 64.8 Å². The third-order valence-corrected chi connectivity index (χ3v) is 5.06. The van der Waals surface area contributed by atoms with Crippen molar-refractivity contribution in [2.75, 3.05) is 6.61 Å². The van der Waals surface area contributed by atoms with Crippen molar-refractivity contribution in [1.82, 2.24) is 9.99 Å². The number of halogens is 1. The Morgan fingerprint density at radius 3 is 2.69 bits per heavy atom. The van der Waals surface area contributed by atoms with E-state index in [1.807, 2.05) is 56.3 Å². The molecule has 6 nitrogen and oxygen atoms in total. The van der Waals surface area contributed by atoms with Gasteiger partial charge in [0.15, 0.2) is 11.5 Å². The number of hydrazone groups is 1. The minimum absolute atomic E-state index is 0.138. The number of nitrogens with one attached hydrogen (secondary N) is 1. The minimum atomic E-state index is -0.752. The molecule has 1 amide bonds. The number of amides is 1. The first-order valence-electron chi connectivity index (χ1n) is 9.20. The van der Waals surface area contributed by atoms with Crippen molar-refractivity contribution in [3.63, 3.8) is 0 Å². The summed E-state index contributed by atoms with van der Waals surface area (Å²) >= 11 is 6.34. The summed E-state index contributed by atoms with van der Waals surface area (Å²) in [5, 5.41) is 4.77. The largest absolute Gasteiger partial charge is 0.485 e. The van der Waals surface area contributed by atoms with Crippen molar-refractivity contribution in [3.05, 3.63) is 76.6 Å². The summed E-state index contributed by atoms with van der Waals surface area (Å²) < 4.78 is 13.3. The molecule has 1 atom stereocenters. The maximum absolute atomic E-state index is 12.4. The number of nitrogens with zero attached hydrogens (tertiary/aromatic N) is 2. The third-order valence-electron chi connectivity index (χ3n) is 4.74. The van der Waals surface area contributed by atoms with E-state index in [4.69, 9.17) is 21.1 Å². The molecule has 0 aliphatic carbocycles. The highest BCUT2D eigenvalue weighted by Crippen LogP contribution is 2.31. The van der Waals surface area contributed by atoms with Crippen LogP contribution in [0.15, 0.2) is 59.7 Å². The maximum Gasteiger partial charge on any atom is 0.284 e. The summed E-state index contributed by atoms with van der Waals surface area (Å²) in [5.41, 5.74) is 6.30. The Morgan fingerprint density at radius 2 is 1.90 bits per heavy atom. The van der Waals surface area contributed by atoms with E-state index in [9.17, 15) is 4.79 Å². The Balaban J connectivity index is 1.46. The predicted molar refractivity (Wildman–Crippen MR) is 112 cm³/mol. The van der Waals surface area contributed by atoms with Gasteiger partial charge in [0.25, 0.3) is 5.91 Å². The Hall–Kier alpha value is -3.25. The zero-order valence-electron chi connectivity index (χ0n) is 16.1. The summed E-state index contributed by atoms with van der Waals surface area (Å²) in [6.45, 7) is 4.12. The maximum atomic E-state index is 12.4. The lowest BCUT2D eigenvalue weighted by Gasteiger charge is -2.24. The molecule has 1 aromatic heterocycles. The summed E-state index contributed by atoms with van der Waals surface area (Å²) in [4.78, 5) is 12.4. The molecule has 0 saturated carbocycles. The number of para-hydroxylation sites is 3. The number of aromatic nitrogens is 1. The van der Waals surface area contributed by atoms with E-state index >= 15 is 0 Å². The molecule has 1 aliphatic heterocycles. The van der Waals surface area contributed by atoms with Crippen LogP contribution in [0.4, 0.5) is 0 Å². The second-order valence-electron chi connectivity index (χ2n) is 6.71. The number of benzene rings is 2. The van der Waals surface area contributed by atoms with E-state index in [1.54, 1.807) is 18.3 Å². The molecule has 1 aliphatic rings. The summed E-state index contributed by atoms with van der Waals surface area (Å²) in [6, 6.07) is 16.9. The second-order valence-corrected chi connectivity index (χ2v) is 7.12. The summed E-state index contributed by atoms with van der Waals surface area (Å²) in [7, 11) is 0. The number of carbonyl (C=O) groups excluding carboxylic acids is 1. The number of fused-ring (bicyclic) bond motifs is 1. The molecule has 3 aromatic rings. The lowest BCUT2D eigenvalue weighted by molar-refractivity contribution is -0.130. The number of ether oxygens (including phenoxy) is 2. The Morgan fingerprint density at radius 1 is 1.17 bits per heavy atom. The quantitative estimate of drug-likeness (QED) is 0.522. The van der Waals surface area contributed by atoms with Crippen LogP contribution in [0, 0.1) is 13.8 Å².